The molecule has 2 rings (SSSR count). The van der Waals surface area contributed by atoms with Crippen molar-refractivity contribution in [1.29, 1.82) is 0 Å². The summed E-state index contributed by atoms with van der Waals surface area (Å²) in [5, 5.41) is 3.74. The lowest BCUT2D eigenvalue weighted by atomic mass is 9.79. The average molecular weight is 280 g/mol. The Morgan fingerprint density at radius 2 is 1.90 bits per heavy atom. The van der Waals surface area contributed by atoms with Crippen LogP contribution in [-0.4, -0.2) is 43.7 Å². The fourth-order valence-corrected chi connectivity index (χ4v) is 3.87. The highest BCUT2D eigenvalue weighted by molar-refractivity contribution is 5.16. The highest BCUT2D eigenvalue weighted by Gasteiger charge is 2.43. The van der Waals surface area contributed by atoms with Crippen molar-refractivity contribution in [3.8, 4) is 0 Å². The van der Waals surface area contributed by atoms with E-state index in [0.29, 0.717) is 6.04 Å². The predicted octanol–water partition coefficient (Wildman–Crippen LogP) is 3.31. The van der Waals surface area contributed by atoms with Crippen molar-refractivity contribution in [1.82, 2.24) is 10.2 Å². The lowest BCUT2D eigenvalue weighted by Gasteiger charge is -2.47. The number of allylic oxidation sites excluding steroid dienone is 1. The molecule has 1 fully saturated rings. The Hall–Kier alpha value is -0.540. The second kappa shape index (κ2) is 7.46. The standard InChI is InChI=1S/C17H32N2O/c1-4-18-16(15-11-7-10-14-20-15)17(19(2)3)12-8-5-6-9-13-17/h11,16,18H,4-10,12-14H2,1-3H3. The number of nitrogens with zero attached hydrogens (tertiary/aromatic N) is 1. The fraction of sp³-hybridized carbons (Fsp3) is 0.882. The molecule has 0 aromatic rings. The number of hydrogen-bond acceptors (Lipinski definition) is 3. The van der Waals surface area contributed by atoms with Crippen molar-refractivity contribution >= 4 is 0 Å². The van der Waals surface area contributed by atoms with E-state index in [-0.39, 0.29) is 5.54 Å². The first kappa shape index (κ1) is 15.8. The zero-order valence-corrected chi connectivity index (χ0v) is 13.6. The first-order valence-corrected chi connectivity index (χ1v) is 8.44. The van der Waals surface area contributed by atoms with Crippen LogP contribution in [0, 0.1) is 0 Å². The second-order valence-corrected chi connectivity index (χ2v) is 6.50. The van der Waals surface area contributed by atoms with Gasteiger partial charge in [0.1, 0.15) is 5.76 Å². The Morgan fingerprint density at radius 3 is 2.40 bits per heavy atom. The van der Waals surface area contributed by atoms with Crippen LogP contribution < -0.4 is 5.32 Å². The zero-order valence-electron chi connectivity index (χ0n) is 13.6. The molecule has 1 N–H and O–H groups in total. The molecule has 3 nitrogen and oxygen atoms in total. The fourth-order valence-electron chi connectivity index (χ4n) is 3.87. The normalized spacial score (nSPS) is 24.7. The molecule has 3 heteroatoms. The minimum Gasteiger partial charge on any atom is -0.497 e. The summed E-state index contributed by atoms with van der Waals surface area (Å²) in [5.74, 6) is 1.20. The predicted molar refractivity (Wildman–Crippen MR) is 84.9 cm³/mol. The van der Waals surface area contributed by atoms with Crippen molar-refractivity contribution < 1.29 is 4.74 Å². The Morgan fingerprint density at radius 1 is 1.20 bits per heavy atom. The van der Waals surface area contributed by atoms with Gasteiger partial charge in [-0.15, -0.1) is 0 Å². The van der Waals surface area contributed by atoms with Crippen LogP contribution in [0.15, 0.2) is 11.8 Å². The van der Waals surface area contributed by atoms with Gasteiger partial charge in [-0.05, 0) is 52.4 Å². The summed E-state index contributed by atoms with van der Waals surface area (Å²) >= 11 is 0. The van der Waals surface area contributed by atoms with E-state index in [4.69, 9.17) is 4.74 Å². The molecule has 1 atom stereocenters. The van der Waals surface area contributed by atoms with E-state index >= 15 is 0 Å². The number of hydrogen-bond donors (Lipinski definition) is 1. The van der Waals surface area contributed by atoms with Crippen LogP contribution in [0.4, 0.5) is 0 Å². The molecule has 0 saturated heterocycles. The van der Waals surface area contributed by atoms with Crippen LogP contribution in [0.5, 0.6) is 0 Å². The Labute approximate surface area is 124 Å². The highest BCUT2D eigenvalue weighted by atomic mass is 16.5. The Balaban J connectivity index is 2.28. The van der Waals surface area contributed by atoms with Crippen molar-refractivity contribution in [3.05, 3.63) is 11.8 Å². The monoisotopic (exact) mass is 280 g/mol. The number of nitrogens with one attached hydrogen (secondary N) is 1. The molecule has 116 valence electrons. The van der Waals surface area contributed by atoms with Gasteiger partial charge in [-0.3, -0.25) is 0 Å². The summed E-state index contributed by atoms with van der Waals surface area (Å²) in [7, 11) is 4.50. The Bertz CT molecular complexity index is 317. The second-order valence-electron chi connectivity index (χ2n) is 6.50. The maximum atomic E-state index is 6.03. The molecule has 0 amide bonds. The van der Waals surface area contributed by atoms with E-state index < -0.39 is 0 Å². The van der Waals surface area contributed by atoms with Gasteiger partial charge in [0.15, 0.2) is 0 Å². The van der Waals surface area contributed by atoms with Gasteiger partial charge < -0.3 is 15.0 Å². The lowest BCUT2D eigenvalue weighted by Crippen LogP contribution is -2.60. The SMILES string of the molecule is CCNC(C1=CCCCO1)C1(N(C)C)CCCCCC1. The summed E-state index contributed by atoms with van der Waals surface area (Å²) in [4.78, 5) is 2.46. The number of likely N-dealkylation sites (N-methyl/N-ethyl adjacent to an activating group) is 2. The molecule has 1 unspecified atom stereocenters. The van der Waals surface area contributed by atoms with Gasteiger partial charge in [-0.25, -0.2) is 0 Å². The zero-order chi connectivity index (χ0) is 14.4. The number of rotatable bonds is 5. The van der Waals surface area contributed by atoms with Crippen LogP contribution in [0.2, 0.25) is 0 Å². The van der Waals surface area contributed by atoms with Crippen LogP contribution in [-0.2, 0) is 4.74 Å². The average Bonchev–Trinajstić information content (AvgIpc) is 2.72. The van der Waals surface area contributed by atoms with Gasteiger partial charge in [0.2, 0.25) is 0 Å². The van der Waals surface area contributed by atoms with E-state index in [1.54, 1.807) is 0 Å². The van der Waals surface area contributed by atoms with E-state index in [1.165, 1.54) is 50.7 Å². The summed E-state index contributed by atoms with van der Waals surface area (Å²) in [6, 6.07) is 0.348. The lowest BCUT2D eigenvalue weighted by molar-refractivity contribution is 0.0554. The minimum atomic E-state index is 0.218. The molecular weight excluding hydrogens is 248 g/mol. The third-order valence-corrected chi connectivity index (χ3v) is 5.05. The van der Waals surface area contributed by atoms with Crippen LogP contribution in [0.3, 0.4) is 0 Å². The van der Waals surface area contributed by atoms with Crippen molar-refractivity contribution in [2.45, 2.75) is 69.9 Å². The quantitative estimate of drug-likeness (QED) is 0.782. The van der Waals surface area contributed by atoms with Crippen LogP contribution in [0.25, 0.3) is 0 Å². The molecule has 0 aromatic carbocycles. The first-order valence-electron chi connectivity index (χ1n) is 8.44. The van der Waals surface area contributed by atoms with Gasteiger partial charge in [0, 0.05) is 5.54 Å². The molecule has 0 spiro atoms. The molecule has 0 aromatic heterocycles. The van der Waals surface area contributed by atoms with E-state index in [1.807, 2.05) is 0 Å². The molecule has 1 heterocycles. The molecule has 1 saturated carbocycles. The summed E-state index contributed by atoms with van der Waals surface area (Å²) < 4.78 is 6.03. The van der Waals surface area contributed by atoms with E-state index in [2.05, 4.69) is 37.3 Å². The summed E-state index contributed by atoms with van der Waals surface area (Å²) in [6.45, 7) is 4.09. The highest BCUT2D eigenvalue weighted by Crippen LogP contribution is 2.37. The maximum Gasteiger partial charge on any atom is 0.111 e. The summed E-state index contributed by atoms with van der Waals surface area (Å²) in [6.07, 6.45) is 12.7. The molecule has 2 aliphatic rings. The van der Waals surface area contributed by atoms with Gasteiger partial charge in [0.05, 0.1) is 12.6 Å². The van der Waals surface area contributed by atoms with Gasteiger partial charge in [-0.2, -0.15) is 0 Å². The molecule has 1 aliphatic heterocycles. The van der Waals surface area contributed by atoms with Crippen LogP contribution in [0.1, 0.15) is 58.3 Å². The Kier molecular flexibility index (Phi) is 5.91. The number of ether oxygens (including phenoxy) is 1. The van der Waals surface area contributed by atoms with E-state index in [0.717, 1.165) is 19.6 Å². The molecular formula is C17H32N2O. The van der Waals surface area contributed by atoms with Gasteiger partial charge >= 0.3 is 0 Å². The smallest absolute Gasteiger partial charge is 0.111 e. The van der Waals surface area contributed by atoms with Crippen molar-refractivity contribution in [2.24, 2.45) is 0 Å². The van der Waals surface area contributed by atoms with Gasteiger partial charge in [0.25, 0.3) is 0 Å². The van der Waals surface area contributed by atoms with E-state index in [9.17, 15) is 0 Å². The van der Waals surface area contributed by atoms with Crippen molar-refractivity contribution in [3.63, 3.8) is 0 Å². The molecule has 1 aliphatic carbocycles. The van der Waals surface area contributed by atoms with Gasteiger partial charge in [-0.1, -0.05) is 32.6 Å². The summed E-state index contributed by atoms with van der Waals surface area (Å²) in [5.41, 5.74) is 0.218. The molecule has 0 bridgehead atoms. The maximum absolute atomic E-state index is 6.03. The molecule has 20 heavy (non-hydrogen) atoms. The topological polar surface area (TPSA) is 24.5 Å². The van der Waals surface area contributed by atoms with Crippen LogP contribution >= 0.6 is 0 Å². The third-order valence-electron chi connectivity index (χ3n) is 5.05. The first-order chi connectivity index (χ1) is 9.70. The minimum absolute atomic E-state index is 0.218. The van der Waals surface area contributed by atoms with Crippen molar-refractivity contribution in [2.75, 3.05) is 27.2 Å². The molecule has 0 radical (unpaired) electrons. The third kappa shape index (κ3) is 3.37. The largest absolute Gasteiger partial charge is 0.497 e.